The van der Waals surface area contributed by atoms with E-state index in [-0.39, 0.29) is 11.6 Å². The van der Waals surface area contributed by atoms with E-state index in [0.29, 0.717) is 22.9 Å². The van der Waals surface area contributed by atoms with Gasteiger partial charge in [0.15, 0.2) is 5.70 Å². The van der Waals surface area contributed by atoms with Gasteiger partial charge < -0.3 is 9.47 Å². The number of hydrogen-bond acceptors (Lipinski definition) is 4. The van der Waals surface area contributed by atoms with Gasteiger partial charge in [-0.15, -0.1) is 0 Å². The van der Waals surface area contributed by atoms with Gasteiger partial charge in [0.1, 0.15) is 18.2 Å². The molecule has 1 heterocycles. The highest BCUT2D eigenvalue weighted by Gasteiger charge is 2.24. The first kappa shape index (κ1) is 18.9. The molecule has 3 aromatic carbocycles. The van der Waals surface area contributed by atoms with E-state index in [1.54, 1.807) is 24.3 Å². The molecule has 1 aliphatic rings. The lowest BCUT2D eigenvalue weighted by molar-refractivity contribution is -0.129. The second-order valence-electron chi connectivity index (χ2n) is 6.33. The van der Waals surface area contributed by atoms with Crippen molar-refractivity contribution in [2.45, 2.75) is 6.61 Å². The summed E-state index contributed by atoms with van der Waals surface area (Å²) in [5.74, 6) is -0.232. The molecule has 1 aliphatic heterocycles. The molecule has 6 heteroatoms. The van der Waals surface area contributed by atoms with Crippen LogP contribution in [0.5, 0.6) is 5.75 Å². The molecule has 0 atom stereocenters. The second-order valence-corrected chi connectivity index (χ2v) is 6.77. The van der Waals surface area contributed by atoms with Gasteiger partial charge in [0.2, 0.25) is 5.90 Å². The quantitative estimate of drug-likeness (QED) is 0.420. The maximum absolute atomic E-state index is 13.4. The van der Waals surface area contributed by atoms with E-state index in [0.717, 1.165) is 11.1 Å². The molecule has 0 saturated carbocycles. The number of nitrogens with zero attached hydrogens (tertiary/aromatic N) is 1. The highest BCUT2D eigenvalue weighted by atomic mass is 35.5. The molecule has 0 N–H and O–H groups in total. The van der Waals surface area contributed by atoms with Gasteiger partial charge in [-0.1, -0.05) is 41.9 Å². The number of cyclic esters (lactones) is 1. The minimum atomic E-state index is -0.578. The number of carbonyl (C=O) groups excluding carboxylic acids is 1. The third kappa shape index (κ3) is 4.70. The maximum atomic E-state index is 13.4. The Kier molecular flexibility index (Phi) is 5.40. The van der Waals surface area contributed by atoms with Gasteiger partial charge in [-0.05, 0) is 59.7 Å². The van der Waals surface area contributed by atoms with Crippen LogP contribution < -0.4 is 4.74 Å². The Balaban J connectivity index is 1.46. The Morgan fingerprint density at radius 2 is 1.83 bits per heavy atom. The zero-order valence-electron chi connectivity index (χ0n) is 15.1. The van der Waals surface area contributed by atoms with E-state index in [9.17, 15) is 9.18 Å². The molecule has 144 valence electrons. The molecule has 4 nitrogen and oxygen atoms in total. The standard InChI is InChI=1S/C23H15ClFNO3/c24-18-5-1-3-16(11-18)14-28-20-9-7-15(8-10-20)12-21-23(27)29-22(26-21)17-4-2-6-19(25)13-17/h1-13H,14H2/b21-12-. The fourth-order valence-corrected chi connectivity index (χ4v) is 2.98. The van der Waals surface area contributed by atoms with Crippen LogP contribution in [-0.2, 0) is 16.1 Å². The first-order valence-corrected chi connectivity index (χ1v) is 9.20. The number of carbonyl (C=O) groups is 1. The summed E-state index contributed by atoms with van der Waals surface area (Å²) in [6.07, 6.45) is 1.61. The summed E-state index contributed by atoms with van der Waals surface area (Å²) < 4.78 is 24.3. The molecule has 0 fully saturated rings. The molecule has 0 amide bonds. The van der Waals surface area contributed by atoms with Crippen LogP contribution in [0.4, 0.5) is 4.39 Å². The van der Waals surface area contributed by atoms with Crippen molar-refractivity contribution in [3.05, 3.63) is 106 Å². The second kappa shape index (κ2) is 8.29. The summed E-state index contributed by atoms with van der Waals surface area (Å²) >= 11 is 5.97. The lowest BCUT2D eigenvalue weighted by Gasteiger charge is -2.07. The molecule has 0 radical (unpaired) electrons. The first-order chi connectivity index (χ1) is 14.1. The molecule has 4 rings (SSSR count). The highest BCUT2D eigenvalue weighted by Crippen LogP contribution is 2.21. The molecule has 0 bridgehead atoms. The van der Waals surface area contributed by atoms with Crippen LogP contribution in [0.3, 0.4) is 0 Å². The summed E-state index contributed by atoms with van der Waals surface area (Å²) in [6, 6.07) is 20.4. The number of rotatable bonds is 5. The van der Waals surface area contributed by atoms with Crippen molar-refractivity contribution in [1.29, 1.82) is 0 Å². The van der Waals surface area contributed by atoms with Gasteiger partial charge in [-0.25, -0.2) is 14.2 Å². The van der Waals surface area contributed by atoms with Crippen LogP contribution >= 0.6 is 11.6 Å². The Labute approximate surface area is 171 Å². The summed E-state index contributed by atoms with van der Waals surface area (Å²) in [5.41, 5.74) is 2.29. The monoisotopic (exact) mass is 407 g/mol. The predicted molar refractivity (Wildman–Crippen MR) is 109 cm³/mol. The maximum Gasteiger partial charge on any atom is 0.363 e. The third-order valence-electron chi connectivity index (χ3n) is 4.17. The lowest BCUT2D eigenvalue weighted by atomic mass is 10.2. The van der Waals surface area contributed by atoms with E-state index in [2.05, 4.69) is 4.99 Å². The van der Waals surface area contributed by atoms with Crippen molar-refractivity contribution < 1.29 is 18.7 Å². The minimum Gasteiger partial charge on any atom is -0.489 e. The van der Waals surface area contributed by atoms with Crippen LogP contribution in [0.1, 0.15) is 16.7 Å². The van der Waals surface area contributed by atoms with Crippen LogP contribution in [0.15, 0.2) is 83.5 Å². The smallest absolute Gasteiger partial charge is 0.363 e. The van der Waals surface area contributed by atoms with E-state index < -0.39 is 11.8 Å². The molecular weight excluding hydrogens is 393 g/mol. The number of benzene rings is 3. The number of hydrogen-bond donors (Lipinski definition) is 0. The van der Waals surface area contributed by atoms with Crippen LogP contribution in [0.2, 0.25) is 5.02 Å². The normalized spacial score (nSPS) is 14.6. The third-order valence-corrected chi connectivity index (χ3v) is 4.41. The fraction of sp³-hybridized carbons (Fsp3) is 0.0435. The fourth-order valence-electron chi connectivity index (χ4n) is 2.77. The largest absolute Gasteiger partial charge is 0.489 e. The van der Waals surface area contributed by atoms with Crippen molar-refractivity contribution in [2.75, 3.05) is 0 Å². The molecule has 0 aromatic heterocycles. The Bertz CT molecular complexity index is 1120. The van der Waals surface area contributed by atoms with Crippen LogP contribution in [0.25, 0.3) is 6.08 Å². The number of halogens is 2. The van der Waals surface area contributed by atoms with Crippen molar-refractivity contribution in [2.24, 2.45) is 4.99 Å². The number of esters is 1. The number of ether oxygens (including phenoxy) is 2. The van der Waals surface area contributed by atoms with E-state index in [1.165, 1.54) is 18.2 Å². The summed E-state index contributed by atoms with van der Waals surface area (Å²) in [7, 11) is 0. The summed E-state index contributed by atoms with van der Waals surface area (Å²) in [4.78, 5) is 16.2. The molecular formula is C23H15ClFNO3. The van der Waals surface area contributed by atoms with Gasteiger partial charge in [0, 0.05) is 10.6 Å². The van der Waals surface area contributed by atoms with E-state index in [4.69, 9.17) is 21.1 Å². The average Bonchev–Trinajstić information content (AvgIpc) is 3.08. The lowest BCUT2D eigenvalue weighted by Crippen LogP contribution is -2.05. The van der Waals surface area contributed by atoms with Crippen molar-refractivity contribution in [1.82, 2.24) is 0 Å². The predicted octanol–water partition coefficient (Wildman–Crippen LogP) is 5.40. The van der Waals surface area contributed by atoms with Crippen molar-refractivity contribution in [3.8, 4) is 5.75 Å². The molecule has 0 unspecified atom stereocenters. The van der Waals surface area contributed by atoms with Crippen LogP contribution in [0, 0.1) is 5.82 Å². The average molecular weight is 408 g/mol. The minimum absolute atomic E-state index is 0.0854. The van der Waals surface area contributed by atoms with E-state index in [1.807, 2.05) is 36.4 Å². The Morgan fingerprint density at radius 3 is 2.59 bits per heavy atom. The zero-order chi connectivity index (χ0) is 20.2. The molecule has 29 heavy (non-hydrogen) atoms. The zero-order valence-corrected chi connectivity index (χ0v) is 15.9. The van der Waals surface area contributed by atoms with E-state index >= 15 is 0 Å². The topological polar surface area (TPSA) is 47.9 Å². The SMILES string of the molecule is O=C1OC(c2cccc(F)c2)=N/C1=C\c1ccc(OCc2cccc(Cl)c2)cc1. The molecule has 0 aliphatic carbocycles. The van der Waals surface area contributed by atoms with Gasteiger partial charge in [0.25, 0.3) is 0 Å². The van der Waals surface area contributed by atoms with Gasteiger partial charge >= 0.3 is 5.97 Å². The van der Waals surface area contributed by atoms with Crippen LogP contribution in [-0.4, -0.2) is 11.9 Å². The van der Waals surface area contributed by atoms with Gasteiger partial charge in [0.05, 0.1) is 0 Å². The van der Waals surface area contributed by atoms with Crippen molar-refractivity contribution in [3.63, 3.8) is 0 Å². The summed E-state index contributed by atoms with van der Waals surface area (Å²) in [5, 5.41) is 0.662. The molecule has 0 spiro atoms. The number of aliphatic imine (C=N–C) groups is 1. The van der Waals surface area contributed by atoms with Gasteiger partial charge in [-0.2, -0.15) is 0 Å². The Morgan fingerprint density at radius 1 is 1.03 bits per heavy atom. The van der Waals surface area contributed by atoms with Gasteiger partial charge in [-0.3, -0.25) is 0 Å². The molecule has 3 aromatic rings. The summed E-state index contributed by atoms with van der Waals surface area (Å²) in [6.45, 7) is 0.397. The highest BCUT2D eigenvalue weighted by molar-refractivity contribution is 6.30. The Hall–Kier alpha value is -3.44. The van der Waals surface area contributed by atoms with Crippen molar-refractivity contribution >= 4 is 29.5 Å². The first-order valence-electron chi connectivity index (χ1n) is 8.83. The molecule has 0 saturated heterocycles.